The molecule has 1 fully saturated rings. The van der Waals surface area contributed by atoms with Gasteiger partial charge in [0, 0.05) is 18.7 Å². The number of rotatable bonds is 2. The van der Waals surface area contributed by atoms with Gasteiger partial charge in [-0.15, -0.1) is 0 Å². The van der Waals surface area contributed by atoms with Crippen molar-refractivity contribution in [3.05, 3.63) is 36.5 Å². The highest BCUT2D eigenvalue weighted by molar-refractivity contribution is 5.85. The van der Waals surface area contributed by atoms with Gasteiger partial charge in [-0.25, -0.2) is 9.97 Å². The first-order valence-electron chi connectivity index (χ1n) is 7.49. The third kappa shape index (κ3) is 2.66. The fourth-order valence-electron chi connectivity index (χ4n) is 2.65. The van der Waals surface area contributed by atoms with Crippen molar-refractivity contribution in [2.45, 2.75) is 0 Å². The van der Waals surface area contributed by atoms with Gasteiger partial charge in [0.05, 0.1) is 25.1 Å². The van der Waals surface area contributed by atoms with Crippen LogP contribution in [0.25, 0.3) is 22.4 Å². The van der Waals surface area contributed by atoms with Gasteiger partial charge >= 0.3 is 0 Å². The molecule has 23 heavy (non-hydrogen) atoms. The molecular weight excluding hydrogens is 292 g/mol. The summed E-state index contributed by atoms with van der Waals surface area (Å²) in [6.07, 6.45) is 1.75. The second-order valence-corrected chi connectivity index (χ2v) is 5.30. The van der Waals surface area contributed by atoms with Crippen molar-refractivity contribution in [2.75, 3.05) is 36.9 Å². The smallest absolute Gasteiger partial charge is 0.224 e. The van der Waals surface area contributed by atoms with Crippen molar-refractivity contribution < 1.29 is 4.74 Å². The number of hydrogen-bond acceptors (Lipinski definition) is 7. The fourth-order valence-corrected chi connectivity index (χ4v) is 2.65. The predicted molar refractivity (Wildman–Crippen MR) is 88.0 cm³/mol. The van der Waals surface area contributed by atoms with E-state index in [0.29, 0.717) is 24.4 Å². The Morgan fingerprint density at radius 2 is 1.78 bits per heavy atom. The molecule has 1 aliphatic heterocycles. The number of morpholine rings is 1. The van der Waals surface area contributed by atoms with Crippen LogP contribution >= 0.6 is 0 Å². The maximum atomic E-state index is 5.87. The molecule has 0 saturated carbocycles. The van der Waals surface area contributed by atoms with Gasteiger partial charge in [-0.05, 0) is 0 Å². The normalized spacial score (nSPS) is 15.0. The SMILES string of the molecule is Nc1nc(N2CCOCC2)c2ncc(-c3ccccc3)nc2n1. The van der Waals surface area contributed by atoms with Gasteiger partial charge in [-0.1, -0.05) is 30.3 Å². The number of aromatic nitrogens is 4. The summed E-state index contributed by atoms with van der Waals surface area (Å²) in [6, 6.07) is 9.88. The Labute approximate surface area is 133 Å². The summed E-state index contributed by atoms with van der Waals surface area (Å²) in [5.41, 5.74) is 8.81. The van der Waals surface area contributed by atoms with Gasteiger partial charge < -0.3 is 15.4 Å². The van der Waals surface area contributed by atoms with Crippen molar-refractivity contribution in [3.8, 4) is 11.3 Å². The first-order chi connectivity index (χ1) is 11.3. The number of anilines is 2. The number of nitrogens with zero attached hydrogens (tertiary/aromatic N) is 5. The highest BCUT2D eigenvalue weighted by Gasteiger charge is 2.18. The molecule has 2 N–H and O–H groups in total. The Balaban J connectivity index is 1.83. The van der Waals surface area contributed by atoms with Crippen LogP contribution in [0.1, 0.15) is 0 Å². The van der Waals surface area contributed by atoms with Crippen molar-refractivity contribution in [2.24, 2.45) is 0 Å². The summed E-state index contributed by atoms with van der Waals surface area (Å²) in [5, 5.41) is 0. The van der Waals surface area contributed by atoms with Crippen LogP contribution in [-0.2, 0) is 4.74 Å². The summed E-state index contributed by atoms with van der Waals surface area (Å²) < 4.78 is 5.39. The van der Waals surface area contributed by atoms with E-state index in [4.69, 9.17) is 10.5 Å². The third-order valence-electron chi connectivity index (χ3n) is 3.79. The first-order valence-corrected chi connectivity index (χ1v) is 7.49. The van der Waals surface area contributed by atoms with Crippen LogP contribution in [0.15, 0.2) is 36.5 Å². The minimum absolute atomic E-state index is 0.207. The summed E-state index contributed by atoms with van der Waals surface area (Å²) in [7, 11) is 0. The molecule has 4 rings (SSSR count). The molecule has 2 aromatic heterocycles. The van der Waals surface area contributed by atoms with E-state index >= 15 is 0 Å². The summed E-state index contributed by atoms with van der Waals surface area (Å²) in [4.78, 5) is 19.9. The molecule has 0 atom stereocenters. The molecule has 7 heteroatoms. The number of nitrogen functional groups attached to an aromatic ring is 1. The lowest BCUT2D eigenvalue weighted by Crippen LogP contribution is -2.37. The topological polar surface area (TPSA) is 90.0 Å². The molecule has 0 bridgehead atoms. The lowest BCUT2D eigenvalue weighted by molar-refractivity contribution is 0.122. The van der Waals surface area contributed by atoms with E-state index in [2.05, 4.69) is 24.8 Å². The Morgan fingerprint density at radius 3 is 2.57 bits per heavy atom. The lowest BCUT2D eigenvalue weighted by Gasteiger charge is -2.28. The van der Waals surface area contributed by atoms with Gasteiger partial charge in [-0.2, -0.15) is 9.97 Å². The minimum Gasteiger partial charge on any atom is -0.378 e. The zero-order valence-corrected chi connectivity index (χ0v) is 12.5. The quantitative estimate of drug-likeness (QED) is 0.767. The van der Waals surface area contributed by atoms with Gasteiger partial charge in [-0.3, -0.25) is 0 Å². The van der Waals surface area contributed by atoms with Crippen molar-refractivity contribution in [3.63, 3.8) is 0 Å². The zero-order chi connectivity index (χ0) is 15.6. The van der Waals surface area contributed by atoms with E-state index in [1.54, 1.807) is 6.20 Å². The maximum Gasteiger partial charge on any atom is 0.224 e. The van der Waals surface area contributed by atoms with Crippen molar-refractivity contribution in [1.29, 1.82) is 0 Å². The highest BCUT2D eigenvalue weighted by atomic mass is 16.5. The van der Waals surface area contributed by atoms with Crippen LogP contribution in [0, 0.1) is 0 Å². The van der Waals surface area contributed by atoms with E-state index in [9.17, 15) is 0 Å². The van der Waals surface area contributed by atoms with Gasteiger partial charge in [0.2, 0.25) is 5.95 Å². The summed E-state index contributed by atoms with van der Waals surface area (Å²) >= 11 is 0. The second kappa shape index (κ2) is 5.77. The van der Waals surface area contributed by atoms with E-state index in [1.807, 2.05) is 30.3 Å². The van der Waals surface area contributed by atoms with Crippen LogP contribution in [0.2, 0.25) is 0 Å². The standard InChI is InChI=1S/C16H16N6O/c17-16-20-14-13(15(21-16)22-6-8-23-9-7-22)18-10-12(19-14)11-4-2-1-3-5-11/h1-5,10H,6-9H2,(H2,17,19,20,21). The molecule has 3 aromatic rings. The minimum atomic E-state index is 0.207. The Kier molecular flexibility index (Phi) is 3.47. The van der Waals surface area contributed by atoms with Crippen LogP contribution in [-0.4, -0.2) is 46.2 Å². The number of nitrogens with two attached hydrogens (primary N) is 1. The Hall–Kier alpha value is -2.80. The van der Waals surface area contributed by atoms with Crippen molar-refractivity contribution in [1.82, 2.24) is 19.9 Å². The molecule has 7 nitrogen and oxygen atoms in total. The van der Waals surface area contributed by atoms with Gasteiger partial charge in [0.25, 0.3) is 0 Å². The van der Waals surface area contributed by atoms with Crippen LogP contribution in [0.5, 0.6) is 0 Å². The molecule has 3 heterocycles. The molecule has 116 valence electrons. The van der Waals surface area contributed by atoms with Crippen LogP contribution < -0.4 is 10.6 Å². The fraction of sp³-hybridized carbons (Fsp3) is 0.250. The zero-order valence-electron chi connectivity index (χ0n) is 12.5. The Bertz CT molecular complexity index is 833. The van der Waals surface area contributed by atoms with Crippen LogP contribution in [0.4, 0.5) is 11.8 Å². The largest absolute Gasteiger partial charge is 0.378 e. The van der Waals surface area contributed by atoms with Crippen molar-refractivity contribution >= 4 is 22.9 Å². The molecule has 0 aliphatic carbocycles. The molecule has 0 amide bonds. The highest BCUT2D eigenvalue weighted by Crippen LogP contribution is 2.25. The molecule has 0 spiro atoms. The molecule has 0 radical (unpaired) electrons. The average molecular weight is 308 g/mol. The van der Waals surface area contributed by atoms with E-state index in [0.717, 1.165) is 30.2 Å². The molecule has 0 unspecified atom stereocenters. The number of fused-ring (bicyclic) bond motifs is 1. The average Bonchev–Trinajstić information content (AvgIpc) is 2.62. The molecule has 1 aromatic carbocycles. The molecule has 1 aliphatic rings. The monoisotopic (exact) mass is 308 g/mol. The maximum absolute atomic E-state index is 5.87. The first kappa shape index (κ1) is 13.8. The van der Waals surface area contributed by atoms with E-state index in [-0.39, 0.29) is 5.95 Å². The summed E-state index contributed by atoms with van der Waals surface area (Å²) in [6.45, 7) is 2.85. The van der Waals surface area contributed by atoms with Crippen LogP contribution in [0.3, 0.4) is 0 Å². The summed E-state index contributed by atoms with van der Waals surface area (Å²) in [5.74, 6) is 0.932. The molecule has 1 saturated heterocycles. The number of hydrogen-bond donors (Lipinski definition) is 1. The lowest BCUT2D eigenvalue weighted by atomic mass is 10.2. The van der Waals surface area contributed by atoms with E-state index in [1.165, 1.54) is 0 Å². The number of ether oxygens (including phenoxy) is 1. The Morgan fingerprint density at radius 1 is 1.00 bits per heavy atom. The van der Waals surface area contributed by atoms with E-state index < -0.39 is 0 Å². The predicted octanol–water partition coefficient (Wildman–Crippen LogP) is 1.51. The number of benzene rings is 1. The van der Waals surface area contributed by atoms with Gasteiger partial charge in [0.15, 0.2) is 17.0 Å². The second-order valence-electron chi connectivity index (χ2n) is 5.30. The third-order valence-corrected chi connectivity index (χ3v) is 3.79. The molecular formula is C16H16N6O. The van der Waals surface area contributed by atoms with Gasteiger partial charge in [0.1, 0.15) is 0 Å².